The molecule has 0 spiro atoms. The van der Waals surface area contributed by atoms with Crippen molar-refractivity contribution in [2.75, 3.05) is 0 Å². The Labute approximate surface area is 32.5 Å². The fourth-order valence-electron chi connectivity index (χ4n) is 0. The third-order valence-electron chi connectivity index (χ3n) is 0. The molecule has 1 nitrogen and oxygen atoms in total. The zero-order valence-corrected chi connectivity index (χ0v) is 0.707. The number of hydrogen-bond donors (Lipinski definition) is 1. The zero-order chi connectivity index (χ0) is 0. The third-order valence-corrected chi connectivity index (χ3v) is 0. The molecule has 0 bridgehead atoms. The summed E-state index contributed by atoms with van der Waals surface area (Å²) in [5, 5.41) is 0. The molecule has 0 radical (unpaired) electrons. The first-order valence-corrected chi connectivity index (χ1v) is 0. The van der Waals surface area contributed by atoms with Gasteiger partial charge in [-0.05, 0) is 0 Å². The minimum Gasteiger partial charge on any atom is -0.344 e. The molecule has 3 N–H and O–H groups in total. The van der Waals surface area contributed by atoms with Crippen LogP contribution >= 0.6 is 0 Å². The van der Waals surface area contributed by atoms with Gasteiger partial charge in [0.1, 0.15) is 0 Å². The van der Waals surface area contributed by atoms with Crippen molar-refractivity contribution in [2.24, 2.45) is 0 Å². The van der Waals surface area contributed by atoms with Gasteiger partial charge in [0, 0.05) is 0 Å². The van der Waals surface area contributed by atoms with Gasteiger partial charge in [-0.25, -0.2) is 0 Å². The largest absolute Gasteiger partial charge is 0.344 e. The maximum atomic E-state index is 0. The molecule has 0 heterocycles. The summed E-state index contributed by atoms with van der Waals surface area (Å²) >= 11 is 0. The van der Waals surface area contributed by atoms with Crippen molar-refractivity contribution in [3.05, 3.63) is 0 Å². The van der Waals surface area contributed by atoms with Crippen molar-refractivity contribution in [1.29, 1.82) is 0 Å². The molecule has 0 aliphatic rings. The van der Waals surface area contributed by atoms with Crippen LogP contribution in [-0.2, 0) is 0 Å². The summed E-state index contributed by atoms with van der Waals surface area (Å²) in [6, 6.07) is 0. The molecule has 0 aromatic heterocycles. The Bertz CT molecular complexity index is 3.25. The molecular formula is H12B3N. The lowest BCUT2D eigenvalue weighted by Gasteiger charge is -0.344. The minimum atomic E-state index is 0. The van der Waals surface area contributed by atoms with E-state index in [0.717, 1.165) is 0 Å². The molecule has 0 amide bonds. The normalized spacial score (nSPS) is 0. The Morgan fingerprint density at radius 2 is 0.500 bits per heavy atom. The Morgan fingerprint density at radius 3 is 0.500 bits per heavy atom. The molecule has 4 heavy (non-hydrogen) atoms. The van der Waals surface area contributed by atoms with E-state index in [2.05, 4.69) is 0 Å². The first-order valence-electron chi connectivity index (χ1n) is 0. The summed E-state index contributed by atoms with van der Waals surface area (Å²) < 4.78 is 0. The van der Waals surface area contributed by atoms with Gasteiger partial charge in [0.2, 0.25) is 0 Å². The van der Waals surface area contributed by atoms with Gasteiger partial charge in [0.05, 0.1) is 25.2 Å². The summed E-state index contributed by atoms with van der Waals surface area (Å²) in [6.07, 6.45) is 0. The monoisotopic (exact) mass is 59.1 g/mol. The maximum Gasteiger partial charge on any atom is 0.0814 e. The summed E-state index contributed by atoms with van der Waals surface area (Å²) in [4.78, 5) is 0. The Balaban J connectivity index is 0. The van der Waals surface area contributed by atoms with Crippen molar-refractivity contribution < 1.29 is 0 Å². The second kappa shape index (κ2) is 611. The first kappa shape index (κ1) is 1730. The number of hydrogen-bond acceptors (Lipinski definition) is 1. The van der Waals surface area contributed by atoms with Gasteiger partial charge in [-0.15, -0.1) is 0 Å². The minimum absolute atomic E-state index is 0. The maximum absolute atomic E-state index is 0. The van der Waals surface area contributed by atoms with E-state index in [4.69, 9.17) is 0 Å². The molecule has 0 aromatic rings. The van der Waals surface area contributed by atoms with Crippen LogP contribution in [0.4, 0.5) is 0 Å². The average Bonchev–Trinajstić information content (AvgIpc) is 0. The van der Waals surface area contributed by atoms with Gasteiger partial charge >= 0.3 is 0 Å². The van der Waals surface area contributed by atoms with Gasteiger partial charge in [0.15, 0.2) is 0 Å². The van der Waals surface area contributed by atoms with E-state index in [-0.39, 0.29) is 31.4 Å². The lowest BCUT2D eigenvalue weighted by Crippen LogP contribution is -0.481. The fourth-order valence-corrected chi connectivity index (χ4v) is 0. The van der Waals surface area contributed by atoms with Crippen LogP contribution in [0.2, 0.25) is 0 Å². The summed E-state index contributed by atoms with van der Waals surface area (Å²) in [5.41, 5.74) is 0. The van der Waals surface area contributed by atoms with Crippen molar-refractivity contribution in [3.8, 4) is 0 Å². The second-order valence-corrected chi connectivity index (χ2v) is 0. The summed E-state index contributed by atoms with van der Waals surface area (Å²) in [5.74, 6) is 0. The Hall–Kier alpha value is 0.155. The zero-order valence-electron chi connectivity index (χ0n) is 0.707. The van der Waals surface area contributed by atoms with Crippen LogP contribution in [0.5, 0.6) is 0 Å². The standard InChI is InChI=1S/3BH3.H3N/h4*1H3. The molecule has 0 rings (SSSR count). The summed E-state index contributed by atoms with van der Waals surface area (Å²) in [6.45, 7) is 0. The van der Waals surface area contributed by atoms with E-state index in [0.29, 0.717) is 0 Å². The van der Waals surface area contributed by atoms with Crippen LogP contribution in [0.15, 0.2) is 0 Å². The van der Waals surface area contributed by atoms with Gasteiger partial charge in [-0.1, -0.05) is 0 Å². The predicted octanol–water partition coefficient (Wildman–Crippen LogP) is -3.39. The smallest absolute Gasteiger partial charge is 0.0814 e. The molecule has 0 unspecified atom stereocenters. The van der Waals surface area contributed by atoms with E-state index in [1.807, 2.05) is 0 Å². The van der Waals surface area contributed by atoms with E-state index < -0.39 is 0 Å². The highest BCUT2D eigenvalue weighted by molar-refractivity contribution is 5.76. The lowest BCUT2D eigenvalue weighted by molar-refractivity contribution is 2.13. The molecule has 0 aromatic carbocycles. The molecule has 0 aliphatic heterocycles. The van der Waals surface area contributed by atoms with Gasteiger partial charge < -0.3 is 6.15 Å². The lowest BCUT2D eigenvalue weighted by atomic mass is 10.8. The van der Waals surface area contributed by atoms with Crippen molar-refractivity contribution >= 4 is 25.2 Å². The van der Waals surface area contributed by atoms with E-state index >= 15 is 0 Å². The fraction of sp³-hybridized carbons (Fsp3) is 0. The average molecular weight is 58.5 g/mol. The van der Waals surface area contributed by atoms with Crippen molar-refractivity contribution in [1.82, 2.24) is 6.15 Å². The van der Waals surface area contributed by atoms with Gasteiger partial charge in [-0.2, -0.15) is 0 Å². The molecule has 0 atom stereocenters. The molecule has 0 aliphatic carbocycles. The molecule has 4 heteroatoms. The van der Waals surface area contributed by atoms with Crippen LogP contribution in [0.3, 0.4) is 0 Å². The van der Waals surface area contributed by atoms with Gasteiger partial charge in [0.25, 0.3) is 0 Å². The second-order valence-electron chi connectivity index (χ2n) is 0. The van der Waals surface area contributed by atoms with Crippen LogP contribution in [0, 0.1) is 0 Å². The third kappa shape index (κ3) is 120. The van der Waals surface area contributed by atoms with E-state index in [1.165, 1.54) is 0 Å². The quantitative estimate of drug-likeness (QED) is 0.290. The van der Waals surface area contributed by atoms with Gasteiger partial charge in [-0.3, -0.25) is 0 Å². The van der Waals surface area contributed by atoms with Crippen LogP contribution in [0.1, 0.15) is 0 Å². The van der Waals surface area contributed by atoms with Crippen molar-refractivity contribution in [2.45, 2.75) is 0 Å². The van der Waals surface area contributed by atoms with Crippen molar-refractivity contribution in [3.63, 3.8) is 0 Å². The molecule has 0 saturated heterocycles. The SMILES string of the molecule is B.B.B.N. The predicted molar refractivity (Wildman–Crippen MR) is 34.8 cm³/mol. The highest BCUT2D eigenvalue weighted by Crippen LogP contribution is -0.379. The topological polar surface area (TPSA) is 35.0 Å². The van der Waals surface area contributed by atoms with E-state index in [9.17, 15) is 0 Å². The first-order chi connectivity index (χ1) is 0. The molecular weight excluding hydrogens is 46.4 g/mol. The molecule has 26 valence electrons. The number of rotatable bonds is 0. The van der Waals surface area contributed by atoms with Crippen LogP contribution < -0.4 is 6.15 Å². The van der Waals surface area contributed by atoms with Crippen LogP contribution in [-0.4, -0.2) is 25.2 Å². The molecule has 0 saturated carbocycles. The Morgan fingerprint density at radius 1 is 0.500 bits per heavy atom. The summed E-state index contributed by atoms with van der Waals surface area (Å²) in [7, 11) is 0. The van der Waals surface area contributed by atoms with E-state index in [1.54, 1.807) is 0 Å². The molecule has 0 fully saturated rings. The highest BCUT2D eigenvalue weighted by Gasteiger charge is 0.0834. The highest BCUT2D eigenvalue weighted by atomic mass is 14.0. The Kier molecular flexibility index (Phi) is 264000. The van der Waals surface area contributed by atoms with Crippen LogP contribution in [0.25, 0.3) is 0 Å².